The third kappa shape index (κ3) is 5.27. The zero-order valence-electron chi connectivity index (χ0n) is 11.5. The molecule has 0 aliphatic rings. The van der Waals surface area contributed by atoms with Crippen LogP contribution in [0, 0.1) is 5.41 Å². The molecule has 0 rings (SSSR count). The van der Waals surface area contributed by atoms with E-state index in [0.29, 0.717) is 12.8 Å². The van der Waals surface area contributed by atoms with Gasteiger partial charge in [0, 0.05) is 0 Å². The molecule has 2 N–H and O–H groups in total. The van der Waals surface area contributed by atoms with E-state index in [1.165, 1.54) is 0 Å². The average molecular weight is 256 g/mol. The Morgan fingerprint density at radius 1 is 1.00 bits per heavy atom. The van der Waals surface area contributed by atoms with Crippen LogP contribution in [-0.4, -0.2) is 22.2 Å². The number of carbonyl (C=O) groups is 2. The molecule has 0 heterocycles. The third-order valence-electron chi connectivity index (χ3n) is 2.70. The summed E-state index contributed by atoms with van der Waals surface area (Å²) in [4.78, 5) is 22.1. The zero-order chi connectivity index (χ0) is 11.9. The maximum atomic E-state index is 11.1. The Hall–Kier alpha value is 0.576. The summed E-state index contributed by atoms with van der Waals surface area (Å²) in [5.41, 5.74) is -1.57. The van der Waals surface area contributed by atoms with Gasteiger partial charge in [-0.15, -0.1) is 0 Å². The Kier molecular flexibility index (Phi) is 11.3. The number of aliphatic carboxylic acids is 2. The van der Waals surface area contributed by atoms with Crippen LogP contribution in [-0.2, 0) is 9.59 Å². The van der Waals surface area contributed by atoms with Crippen molar-refractivity contribution in [3.8, 4) is 0 Å². The van der Waals surface area contributed by atoms with E-state index in [1.54, 1.807) is 6.92 Å². The minimum absolute atomic E-state index is 0. The van der Waals surface area contributed by atoms with Crippen molar-refractivity contribution < 1.29 is 72.6 Å². The molecule has 0 bridgehead atoms. The molecule has 16 heavy (non-hydrogen) atoms. The fourth-order valence-electron chi connectivity index (χ4n) is 1.75. The molecular formula is C11H21KO4. The summed E-state index contributed by atoms with van der Waals surface area (Å²) in [5.74, 6) is -2.40. The Labute approximate surface area is 141 Å². The predicted octanol–water partition coefficient (Wildman–Crippen LogP) is -0.361. The van der Waals surface area contributed by atoms with Crippen LogP contribution in [0.2, 0.25) is 0 Å². The number of hydrogen-bond donors (Lipinski definition) is 2. The summed E-state index contributed by atoms with van der Waals surface area (Å²) in [6.45, 7) is 3.81. The van der Waals surface area contributed by atoms with Crippen LogP contribution >= 0.6 is 0 Å². The number of carboxylic acids is 2. The van der Waals surface area contributed by atoms with E-state index < -0.39 is 17.4 Å². The molecule has 90 valence electrons. The number of rotatable bonds is 8. The van der Waals surface area contributed by atoms with Gasteiger partial charge in [-0.05, 0) is 12.8 Å². The first-order chi connectivity index (χ1) is 7.01. The fourth-order valence-corrected chi connectivity index (χ4v) is 1.75. The van der Waals surface area contributed by atoms with Gasteiger partial charge < -0.3 is 11.6 Å². The molecule has 0 saturated heterocycles. The third-order valence-corrected chi connectivity index (χ3v) is 2.70. The van der Waals surface area contributed by atoms with E-state index in [-0.39, 0.29) is 65.7 Å². The number of hydrogen-bond acceptors (Lipinski definition) is 2. The SMILES string of the molecule is CCCCCC(CCC)(C(=O)O)C(=O)O.[H-].[K+]. The molecule has 5 heteroatoms. The van der Waals surface area contributed by atoms with E-state index >= 15 is 0 Å². The first-order valence-corrected chi connectivity index (χ1v) is 5.48. The normalized spacial score (nSPS) is 10.6. The number of unbranched alkanes of at least 4 members (excludes halogenated alkanes) is 2. The Balaban J connectivity index is -0.000000980. The molecule has 0 radical (unpaired) electrons. The van der Waals surface area contributed by atoms with Gasteiger partial charge in [0.25, 0.3) is 0 Å². The summed E-state index contributed by atoms with van der Waals surface area (Å²) in [6, 6.07) is 0. The summed E-state index contributed by atoms with van der Waals surface area (Å²) in [5, 5.41) is 18.1. The van der Waals surface area contributed by atoms with Crippen LogP contribution < -0.4 is 51.4 Å². The monoisotopic (exact) mass is 256 g/mol. The van der Waals surface area contributed by atoms with Crippen LogP contribution in [0.4, 0.5) is 0 Å². The van der Waals surface area contributed by atoms with Gasteiger partial charge in [-0.25, -0.2) is 0 Å². The molecule has 0 unspecified atom stereocenters. The van der Waals surface area contributed by atoms with Crippen molar-refractivity contribution in [2.24, 2.45) is 5.41 Å². The molecule has 0 aromatic heterocycles. The van der Waals surface area contributed by atoms with E-state index in [2.05, 4.69) is 0 Å². The molecule has 0 aliphatic carbocycles. The Morgan fingerprint density at radius 2 is 1.50 bits per heavy atom. The van der Waals surface area contributed by atoms with Gasteiger partial charge in [-0.2, -0.15) is 0 Å². The van der Waals surface area contributed by atoms with Crippen molar-refractivity contribution in [3.63, 3.8) is 0 Å². The van der Waals surface area contributed by atoms with Crippen molar-refractivity contribution in [1.29, 1.82) is 0 Å². The summed E-state index contributed by atoms with van der Waals surface area (Å²) in [7, 11) is 0. The molecule has 0 aromatic rings. The van der Waals surface area contributed by atoms with Crippen molar-refractivity contribution in [3.05, 3.63) is 0 Å². The van der Waals surface area contributed by atoms with E-state index in [0.717, 1.165) is 12.8 Å². The Bertz CT molecular complexity index is 220. The van der Waals surface area contributed by atoms with Crippen molar-refractivity contribution >= 4 is 11.9 Å². The largest absolute Gasteiger partial charge is 1.00 e. The van der Waals surface area contributed by atoms with Gasteiger partial charge in [0.1, 0.15) is 0 Å². The molecular weight excluding hydrogens is 235 g/mol. The standard InChI is InChI=1S/C11H20O4.K.H/c1-3-5-6-8-11(7-4-2,9(12)13)10(14)15;;/h3-8H2,1-2H3,(H,12,13)(H,14,15);;/q;+1;-1. The smallest absolute Gasteiger partial charge is 1.00 e. The molecule has 0 saturated carbocycles. The second kappa shape index (κ2) is 9.59. The predicted molar refractivity (Wildman–Crippen MR) is 57.9 cm³/mol. The molecule has 0 aliphatic heterocycles. The summed E-state index contributed by atoms with van der Waals surface area (Å²) >= 11 is 0. The average Bonchev–Trinajstić information content (AvgIpc) is 2.15. The van der Waals surface area contributed by atoms with Gasteiger partial charge >= 0.3 is 63.3 Å². The molecule has 0 fully saturated rings. The topological polar surface area (TPSA) is 74.6 Å². The second-order valence-electron chi connectivity index (χ2n) is 3.90. The van der Waals surface area contributed by atoms with Crippen LogP contribution in [0.5, 0.6) is 0 Å². The summed E-state index contributed by atoms with van der Waals surface area (Å²) < 4.78 is 0. The van der Waals surface area contributed by atoms with Crippen LogP contribution in [0.1, 0.15) is 53.8 Å². The molecule has 0 amide bonds. The van der Waals surface area contributed by atoms with Gasteiger partial charge in [0.05, 0.1) is 0 Å². The minimum Gasteiger partial charge on any atom is -1.00 e. The summed E-state index contributed by atoms with van der Waals surface area (Å²) in [6.07, 6.45) is 3.52. The van der Waals surface area contributed by atoms with Crippen LogP contribution in [0.25, 0.3) is 0 Å². The fraction of sp³-hybridized carbons (Fsp3) is 0.818. The zero-order valence-corrected chi connectivity index (χ0v) is 13.6. The molecule has 4 nitrogen and oxygen atoms in total. The van der Waals surface area contributed by atoms with Crippen LogP contribution in [0.15, 0.2) is 0 Å². The Morgan fingerprint density at radius 3 is 1.81 bits per heavy atom. The van der Waals surface area contributed by atoms with Gasteiger partial charge in [0.2, 0.25) is 0 Å². The maximum Gasteiger partial charge on any atom is 1.00 e. The number of carboxylic acid groups (broad SMARTS) is 2. The molecule has 0 aromatic carbocycles. The van der Waals surface area contributed by atoms with Gasteiger partial charge in [-0.3, -0.25) is 9.59 Å². The van der Waals surface area contributed by atoms with E-state index in [9.17, 15) is 9.59 Å². The van der Waals surface area contributed by atoms with E-state index in [1.807, 2.05) is 6.92 Å². The van der Waals surface area contributed by atoms with Gasteiger partial charge in [-0.1, -0.05) is 39.5 Å². The quantitative estimate of drug-likeness (QED) is 0.353. The molecule has 0 atom stereocenters. The first-order valence-electron chi connectivity index (χ1n) is 5.48. The van der Waals surface area contributed by atoms with Crippen molar-refractivity contribution in [2.45, 2.75) is 52.4 Å². The first kappa shape index (κ1) is 18.9. The van der Waals surface area contributed by atoms with Crippen molar-refractivity contribution in [2.75, 3.05) is 0 Å². The van der Waals surface area contributed by atoms with Crippen LogP contribution in [0.3, 0.4) is 0 Å². The van der Waals surface area contributed by atoms with Gasteiger partial charge in [0.15, 0.2) is 5.41 Å². The maximum absolute atomic E-state index is 11.1. The second-order valence-corrected chi connectivity index (χ2v) is 3.90. The van der Waals surface area contributed by atoms with Crippen molar-refractivity contribution in [1.82, 2.24) is 0 Å². The minimum atomic E-state index is -1.57. The van der Waals surface area contributed by atoms with E-state index in [4.69, 9.17) is 10.2 Å². The molecule has 0 spiro atoms.